The van der Waals surface area contributed by atoms with Gasteiger partial charge in [-0.2, -0.15) is 0 Å². The molecule has 1 aromatic rings. The molecule has 0 spiro atoms. The van der Waals surface area contributed by atoms with Crippen molar-refractivity contribution in [1.82, 2.24) is 4.90 Å². The van der Waals surface area contributed by atoms with Crippen molar-refractivity contribution >= 4 is 11.8 Å². The number of primary amides is 1. The maximum atomic E-state index is 12.4. The number of carbonyl (C=O) groups excluding carboxylic acids is 2. The summed E-state index contributed by atoms with van der Waals surface area (Å²) in [5.74, 6) is 0.0783. The van der Waals surface area contributed by atoms with E-state index in [9.17, 15) is 9.59 Å². The number of likely N-dealkylation sites (N-methyl/N-ethyl adjacent to an activating group) is 1. The van der Waals surface area contributed by atoms with Crippen molar-refractivity contribution in [1.29, 1.82) is 0 Å². The first-order valence-corrected chi connectivity index (χ1v) is 7.27. The van der Waals surface area contributed by atoms with Gasteiger partial charge in [0.15, 0.2) is 0 Å². The third-order valence-corrected chi connectivity index (χ3v) is 3.97. The molecular formula is C17H22N2O2. The highest BCUT2D eigenvalue weighted by molar-refractivity contribution is 5.89. The van der Waals surface area contributed by atoms with Gasteiger partial charge in [0.05, 0.1) is 12.5 Å². The Kier molecular flexibility index (Phi) is 4.78. The molecular weight excluding hydrogens is 264 g/mol. The minimum atomic E-state index is -0.411. The highest BCUT2D eigenvalue weighted by atomic mass is 16.2. The molecule has 1 saturated carbocycles. The third-order valence-electron chi connectivity index (χ3n) is 3.97. The summed E-state index contributed by atoms with van der Waals surface area (Å²) in [5.41, 5.74) is 7.38. The summed E-state index contributed by atoms with van der Waals surface area (Å²) in [6.07, 6.45) is 4.16. The van der Waals surface area contributed by atoms with Gasteiger partial charge in [-0.05, 0) is 31.2 Å². The number of carbonyl (C=O) groups is 2. The van der Waals surface area contributed by atoms with Crippen molar-refractivity contribution in [2.75, 3.05) is 7.05 Å². The van der Waals surface area contributed by atoms with E-state index in [0.29, 0.717) is 5.92 Å². The molecule has 1 atom stereocenters. The quantitative estimate of drug-likeness (QED) is 0.816. The van der Waals surface area contributed by atoms with E-state index < -0.39 is 5.91 Å². The normalized spacial score (nSPS) is 16.4. The predicted octanol–water partition coefficient (Wildman–Crippen LogP) is 2.42. The molecule has 1 aliphatic rings. The van der Waals surface area contributed by atoms with Crippen LogP contribution in [-0.4, -0.2) is 23.8 Å². The molecule has 1 aromatic carbocycles. The van der Waals surface area contributed by atoms with Gasteiger partial charge in [0.2, 0.25) is 11.8 Å². The summed E-state index contributed by atoms with van der Waals surface area (Å²) in [4.78, 5) is 25.3. The van der Waals surface area contributed by atoms with Crippen LogP contribution in [0.15, 0.2) is 42.0 Å². The SMILES string of the molecule is CC(=CC(=O)N(C)C(CC(N)=O)c1ccccc1)C1CC1. The van der Waals surface area contributed by atoms with Crippen LogP contribution >= 0.6 is 0 Å². The van der Waals surface area contributed by atoms with Gasteiger partial charge in [-0.1, -0.05) is 35.9 Å². The van der Waals surface area contributed by atoms with Crippen molar-refractivity contribution in [3.63, 3.8) is 0 Å². The van der Waals surface area contributed by atoms with Crippen LogP contribution in [-0.2, 0) is 9.59 Å². The summed E-state index contributed by atoms with van der Waals surface area (Å²) >= 11 is 0. The molecule has 21 heavy (non-hydrogen) atoms. The van der Waals surface area contributed by atoms with Crippen LogP contribution in [0.4, 0.5) is 0 Å². The molecule has 0 bridgehead atoms. The maximum Gasteiger partial charge on any atom is 0.246 e. The van der Waals surface area contributed by atoms with Crippen molar-refractivity contribution in [2.45, 2.75) is 32.2 Å². The van der Waals surface area contributed by atoms with Crippen LogP contribution < -0.4 is 5.73 Å². The number of hydrogen-bond acceptors (Lipinski definition) is 2. The first kappa shape index (κ1) is 15.3. The molecule has 4 nitrogen and oxygen atoms in total. The molecule has 2 rings (SSSR count). The van der Waals surface area contributed by atoms with Gasteiger partial charge in [0, 0.05) is 13.1 Å². The fourth-order valence-corrected chi connectivity index (χ4v) is 2.45. The van der Waals surface area contributed by atoms with E-state index in [-0.39, 0.29) is 18.4 Å². The van der Waals surface area contributed by atoms with Crippen LogP contribution in [0.25, 0.3) is 0 Å². The first-order valence-electron chi connectivity index (χ1n) is 7.27. The minimum Gasteiger partial charge on any atom is -0.370 e. The highest BCUT2D eigenvalue weighted by Gasteiger charge is 2.26. The number of nitrogens with two attached hydrogens (primary N) is 1. The van der Waals surface area contributed by atoms with E-state index in [2.05, 4.69) is 0 Å². The Morgan fingerprint density at radius 1 is 1.33 bits per heavy atom. The Morgan fingerprint density at radius 2 is 1.95 bits per heavy atom. The van der Waals surface area contributed by atoms with E-state index in [1.54, 1.807) is 18.0 Å². The summed E-state index contributed by atoms with van der Waals surface area (Å²) in [6.45, 7) is 2.00. The monoisotopic (exact) mass is 286 g/mol. The summed E-state index contributed by atoms with van der Waals surface area (Å²) < 4.78 is 0. The summed E-state index contributed by atoms with van der Waals surface area (Å²) in [7, 11) is 1.72. The summed E-state index contributed by atoms with van der Waals surface area (Å²) in [5, 5.41) is 0. The van der Waals surface area contributed by atoms with Gasteiger partial charge in [0.25, 0.3) is 0 Å². The smallest absolute Gasteiger partial charge is 0.246 e. The fraction of sp³-hybridized carbons (Fsp3) is 0.412. The second-order valence-electron chi connectivity index (χ2n) is 5.71. The standard InChI is InChI=1S/C17H22N2O2/c1-12(13-8-9-13)10-17(21)19(2)15(11-16(18)20)14-6-4-3-5-7-14/h3-7,10,13,15H,8-9,11H2,1-2H3,(H2,18,20). The van der Waals surface area contributed by atoms with Crippen molar-refractivity contribution in [3.05, 3.63) is 47.5 Å². The molecule has 112 valence electrons. The maximum absolute atomic E-state index is 12.4. The van der Waals surface area contributed by atoms with Crippen molar-refractivity contribution in [3.8, 4) is 0 Å². The van der Waals surface area contributed by atoms with E-state index in [1.165, 1.54) is 12.8 Å². The van der Waals surface area contributed by atoms with E-state index in [1.807, 2.05) is 37.3 Å². The molecule has 2 N–H and O–H groups in total. The Labute approximate surface area is 125 Å². The number of amides is 2. The van der Waals surface area contributed by atoms with E-state index in [0.717, 1.165) is 11.1 Å². The van der Waals surface area contributed by atoms with Crippen LogP contribution in [0.1, 0.15) is 37.8 Å². The predicted molar refractivity (Wildman–Crippen MR) is 82.2 cm³/mol. The first-order chi connectivity index (χ1) is 9.99. The van der Waals surface area contributed by atoms with Gasteiger partial charge in [-0.25, -0.2) is 0 Å². The Morgan fingerprint density at radius 3 is 2.48 bits per heavy atom. The lowest BCUT2D eigenvalue weighted by Gasteiger charge is -2.27. The molecule has 0 aromatic heterocycles. The van der Waals surface area contributed by atoms with Gasteiger partial charge in [-0.15, -0.1) is 0 Å². The molecule has 0 saturated heterocycles. The molecule has 4 heteroatoms. The lowest BCUT2D eigenvalue weighted by molar-refractivity contribution is -0.128. The lowest BCUT2D eigenvalue weighted by Crippen LogP contribution is -2.33. The van der Waals surface area contributed by atoms with Crippen LogP contribution in [0, 0.1) is 5.92 Å². The second kappa shape index (κ2) is 6.57. The molecule has 0 aliphatic heterocycles. The zero-order valence-electron chi connectivity index (χ0n) is 12.6. The van der Waals surface area contributed by atoms with Crippen LogP contribution in [0.3, 0.4) is 0 Å². The number of hydrogen-bond donors (Lipinski definition) is 1. The Balaban J connectivity index is 2.17. The molecule has 1 unspecified atom stereocenters. The van der Waals surface area contributed by atoms with Gasteiger partial charge >= 0.3 is 0 Å². The van der Waals surface area contributed by atoms with Crippen LogP contribution in [0.5, 0.6) is 0 Å². The Bertz CT molecular complexity index is 547. The van der Waals surface area contributed by atoms with Gasteiger partial charge < -0.3 is 10.6 Å². The van der Waals surface area contributed by atoms with Gasteiger partial charge in [-0.3, -0.25) is 9.59 Å². The third kappa shape index (κ3) is 4.18. The van der Waals surface area contributed by atoms with Crippen molar-refractivity contribution in [2.24, 2.45) is 11.7 Å². The van der Waals surface area contributed by atoms with Crippen molar-refractivity contribution < 1.29 is 9.59 Å². The zero-order valence-corrected chi connectivity index (χ0v) is 12.6. The molecule has 2 amide bonds. The average Bonchev–Trinajstić information content (AvgIpc) is 3.29. The van der Waals surface area contributed by atoms with E-state index >= 15 is 0 Å². The lowest BCUT2D eigenvalue weighted by atomic mass is 10.0. The zero-order chi connectivity index (χ0) is 15.4. The second-order valence-corrected chi connectivity index (χ2v) is 5.71. The molecule has 0 heterocycles. The van der Waals surface area contributed by atoms with Crippen LogP contribution in [0.2, 0.25) is 0 Å². The number of benzene rings is 1. The molecule has 1 aliphatic carbocycles. The molecule has 0 radical (unpaired) electrons. The largest absolute Gasteiger partial charge is 0.370 e. The molecule has 1 fully saturated rings. The Hall–Kier alpha value is -2.10. The minimum absolute atomic E-state index is 0.0745. The van der Waals surface area contributed by atoms with E-state index in [4.69, 9.17) is 5.73 Å². The van der Waals surface area contributed by atoms with Gasteiger partial charge in [0.1, 0.15) is 0 Å². The number of rotatable bonds is 6. The summed E-state index contributed by atoms with van der Waals surface area (Å²) in [6, 6.07) is 9.20. The highest BCUT2D eigenvalue weighted by Crippen LogP contribution is 2.36. The average molecular weight is 286 g/mol. The number of nitrogens with zero attached hydrogens (tertiary/aromatic N) is 1. The fourth-order valence-electron chi connectivity index (χ4n) is 2.45. The number of allylic oxidation sites excluding steroid dienone is 1. The topological polar surface area (TPSA) is 63.4 Å².